The zero-order valence-corrected chi connectivity index (χ0v) is 16.1. The molecule has 0 fully saturated rings. The quantitative estimate of drug-likeness (QED) is 0.514. The van der Waals surface area contributed by atoms with E-state index in [0.717, 1.165) is 10.4 Å². The molecule has 0 bridgehead atoms. The lowest BCUT2D eigenvalue weighted by molar-refractivity contribution is -0.386. The summed E-state index contributed by atoms with van der Waals surface area (Å²) >= 11 is 1.61. The molecule has 7 nitrogen and oxygen atoms in total. The third kappa shape index (κ3) is 4.06. The molecule has 0 aliphatic rings. The largest absolute Gasteiger partial charge is 0.345 e. The number of nitrogens with zero attached hydrogens (tertiary/aromatic N) is 3. The van der Waals surface area contributed by atoms with E-state index in [2.05, 4.69) is 10.4 Å². The Bertz CT molecular complexity index is 962. The number of amides is 1. The van der Waals surface area contributed by atoms with Crippen LogP contribution in [-0.4, -0.2) is 20.6 Å². The fraction of sp³-hybridized carbons (Fsp3) is 0.263. The number of thiophene rings is 1. The van der Waals surface area contributed by atoms with Gasteiger partial charge in [0.05, 0.1) is 17.5 Å². The average molecular weight is 384 g/mol. The molecule has 0 aliphatic heterocycles. The first kappa shape index (κ1) is 18.8. The molecule has 27 heavy (non-hydrogen) atoms. The van der Waals surface area contributed by atoms with Crippen LogP contribution in [0.1, 0.15) is 45.2 Å². The molecule has 140 valence electrons. The van der Waals surface area contributed by atoms with Gasteiger partial charge in [-0.05, 0) is 49.9 Å². The Balaban J connectivity index is 1.69. The van der Waals surface area contributed by atoms with E-state index in [0.29, 0.717) is 23.5 Å². The molecule has 0 aliphatic carbocycles. The zero-order valence-electron chi connectivity index (χ0n) is 15.3. The summed E-state index contributed by atoms with van der Waals surface area (Å²) in [5.41, 5.74) is 2.45. The van der Waals surface area contributed by atoms with Crippen molar-refractivity contribution in [3.8, 4) is 0 Å². The number of hydrogen-bond donors (Lipinski definition) is 1. The van der Waals surface area contributed by atoms with Crippen molar-refractivity contribution in [3.05, 3.63) is 79.3 Å². The number of carbonyl (C=O) groups excluding carboxylic acids is 1. The van der Waals surface area contributed by atoms with Crippen molar-refractivity contribution in [2.45, 2.75) is 33.4 Å². The van der Waals surface area contributed by atoms with E-state index in [1.165, 1.54) is 0 Å². The summed E-state index contributed by atoms with van der Waals surface area (Å²) in [5, 5.41) is 20.3. The fourth-order valence-electron chi connectivity index (χ4n) is 2.93. The molecule has 8 heteroatoms. The van der Waals surface area contributed by atoms with Gasteiger partial charge in [-0.1, -0.05) is 18.2 Å². The first-order valence-corrected chi connectivity index (χ1v) is 9.36. The number of carbonyl (C=O) groups is 1. The number of nitrogens with one attached hydrogen (secondary N) is 1. The van der Waals surface area contributed by atoms with Crippen LogP contribution in [0.4, 0.5) is 5.69 Å². The predicted molar refractivity (Wildman–Crippen MR) is 104 cm³/mol. The van der Waals surface area contributed by atoms with E-state index >= 15 is 0 Å². The normalized spacial score (nSPS) is 12.0. The third-order valence-corrected chi connectivity index (χ3v) is 5.45. The minimum Gasteiger partial charge on any atom is -0.345 e. The van der Waals surface area contributed by atoms with Crippen molar-refractivity contribution >= 4 is 22.9 Å². The Morgan fingerprint density at radius 3 is 2.56 bits per heavy atom. The summed E-state index contributed by atoms with van der Waals surface area (Å²) in [4.78, 5) is 24.2. The van der Waals surface area contributed by atoms with Gasteiger partial charge in [0, 0.05) is 10.4 Å². The second kappa shape index (κ2) is 7.71. The van der Waals surface area contributed by atoms with Gasteiger partial charge in [0.25, 0.3) is 5.91 Å². The van der Waals surface area contributed by atoms with Crippen LogP contribution in [0.25, 0.3) is 0 Å². The van der Waals surface area contributed by atoms with Crippen molar-refractivity contribution in [2.75, 3.05) is 0 Å². The summed E-state index contributed by atoms with van der Waals surface area (Å²) in [7, 11) is 0. The topological polar surface area (TPSA) is 90.1 Å². The number of aromatic nitrogens is 2. The standard InChI is InChI=1S/C19H20N4O3S/c1-12(17-5-4-10-27-17)20-19(24)16-8-6-15(7-9-16)11-22-14(3)18(23(25)26)13(2)21-22/h4-10,12H,11H2,1-3H3,(H,20,24). The highest BCUT2D eigenvalue weighted by molar-refractivity contribution is 7.10. The lowest BCUT2D eigenvalue weighted by atomic mass is 10.1. The number of hydrogen-bond acceptors (Lipinski definition) is 5. The molecular formula is C19H20N4O3S. The molecule has 3 rings (SSSR count). The summed E-state index contributed by atoms with van der Waals surface area (Å²) in [5.74, 6) is -0.135. The van der Waals surface area contributed by atoms with Gasteiger partial charge in [0.1, 0.15) is 11.4 Å². The van der Waals surface area contributed by atoms with Crippen molar-refractivity contribution in [3.63, 3.8) is 0 Å². The molecule has 1 unspecified atom stereocenters. The zero-order chi connectivity index (χ0) is 19.6. The monoisotopic (exact) mass is 384 g/mol. The highest BCUT2D eigenvalue weighted by Crippen LogP contribution is 2.23. The Labute approximate surface area is 160 Å². The van der Waals surface area contributed by atoms with Crippen LogP contribution in [0, 0.1) is 24.0 Å². The van der Waals surface area contributed by atoms with Crippen LogP contribution >= 0.6 is 11.3 Å². The highest BCUT2D eigenvalue weighted by atomic mass is 32.1. The first-order chi connectivity index (χ1) is 12.9. The molecule has 2 heterocycles. The number of rotatable bonds is 6. The van der Waals surface area contributed by atoms with E-state index in [1.807, 2.05) is 36.6 Å². The van der Waals surface area contributed by atoms with Gasteiger partial charge in [0.2, 0.25) is 0 Å². The first-order valence-electron chi connectivity index (χ1n) is 8.48. The number of benzene rings is 1. The summed E-state index contributed by atoms with van der Waals surface area (Å²) in [6.07, 6.45) is 0. The molecule has 1 N–H and O–H groups in total. The van der Waals surface area contributed by atoms with Gasteiger partial charge >= 0.3 is 5.69 Å². The Kier molecular flexibility index (Phi) is 5.36. The summed E-state index contributed by atoms with van der Waals surface area (Å²) < 4.78 is 1.61. The van der Waals surface area contributed by atoms with Crippen LogP contribution in [0.15, 0.2) is 41.8 Å². The maximum atomic E-state index is 12.4. The maximum absolute atomic E-state index is 12.4. The van der Waals surface area contributed by atoms with Crippen molar-refractivity contribution < 1.29 is 9.72 Å². The van der Waals surface area contributed by atoms with Gasteiger partial charge in [-0.3, -0.25) is 19.6 Å². The highest BCUT2D eigenvalue weighted by Gasteiger charge is 2.21. The second-order valence-electron chi connectivity index (χ2n) is 6.34. The maximum Gasteiger partial charge on any atom is 0.312 e. The molecule has 0 saturated heterocycles. The van der Waals surface area contributed by atoms with Gasteiger partial charge in [0.15, 0.2) is 0 Å². The molecule has 1 atom stereocenters. The van der Waals surface area contributed by atoms with Gasteiger partial charge in [-0.15, -0.1) is 11.3 Å². The lowest BCUT2D eigenvalue weighted by Gasteiger charge is -2.12. The molecule has 0 spiro atoms. The van der Waals surface area contributed by atoms with E-state index in [9.17, 15) is 14.9 Å². The molecule has 2 aromatic heterocycles. The van der Waals surface area contributed by atoms with Gasteiger partial charge in [-0.2, -0.15) is 5.10 Å². The van der Waals surface area contributed by atoms with Crippen molar-refractivity contribution in [1.29, 1.82) is 0 Å². The smallest absolute Gasteiger partial charge is 0.312 e. The Morgan fingerprint density at radius 2 is 2.00 bits per heavy atom. The fourth-order valence-corrected chi connectivity index (χ4v) is 3.66. The number of aryl methyl sites for hydroxylation is 1. The molecule has 0 saturated carbocycles. The molecule has 1 amide bonds. The van der Waals surface area contributed by atoms with Crippen LogP contribution in [0.3, 0.4) is 0 Å². The Morgan fingerprint density at radius 1 is 1.30 bits per heavy atom. The van der Waals surface area contributed by atoms with E-state index in [-0.39, 0.29) is 17.6 Å². The van der Waals surface area contributed by atoms with E-state index < -0.39 is 4.92 Å². The van der Waals surface area contributed by atoms with Crippen molar-refractivity contribution in [1.82, 2.24) is 15.1 Å². The molecule has 0 radical (unpaired) electrons. The van der Waals surface area contributed by atoms with Crippen LogP contribution in [0.2, 0.25) is 0 Å². The third-order valence-electron chi connectivity index (χ3n) is 4.39. The lowest BCUT2D eigenvalue weighted by Crippen LogP contribution is -2.26. The van der Waals surface area contributed by atoms with Gasteiger partial charge < -0.3 is 5.32 Å². The van der Waals surface area contributed by atoms with Crippen LogP contribution in [0.5, 0.6) is 0 Å². The summed E-state index contributed by atoms with van der Waals surface area (Å²) in [6.45, 7) is 5.68. The van der Waals surface area contributed by atoms with E-state index in [4.69, 9.17) is 0 Å². The minimum atomic E-state index is -0.406. The molecular weight excluding hydrogens is 364 g/mol. The van der Waals surface area contributed by atoms with Crippen molar-refractivity contribution in [2.24, 2.45) is 0 Å². The molecule has 1 aromatic carbocycles. The van der Waals surface area contributed by atoms with Gasteiger partial charge in [-0.25, -0.2) is 0 Å². The molecule has 3 aromatic rings. The number of nitro groups is 1. The van der Waals surface area contributed by atoms with E-state index in [1.54, 1.807) is 42.0 Å². The minimum absolute atomic E-state index is 0.0487. The van der Waals surface area contributed by atoms with Crippen LogP contribution in [-0.2, 0) is 6.54 Å². The summed E-state index contributed by atoms with van der Waals surface area (Å²) in [6, 6.07) is 11.1. The Hall–Kier alpha value is -3.00. The predicted octanol–water partition coefficient (Wildman–Crippen LogP) is 4.01. The second-order valence-corrected chi connectivity index (χ2v) is 7.32. The SMILES string of the molecule is Cc1nn(Cc2ccc(C(=O)NC(C)c3cccs3)cc2)c(C)c1[N+](=O)[O-]. The average Bonchev–Trinajstić information content (AvgIpc) is 3.24. The van der Waals surface area contributed by atoms with Crippen LogP contribution < -0.4 is 5.32 Å².